The highest BCUT2D eigenvalue weighted by atomic mass is 16.5. The second-order valence-electron chi connectivity index (χ2n) is 5.87. The third-order valence-corrected chi connectivity index (χ3v) is 3.92. The molecular formula is C19H20N2O4. The molecule has 1 N–H and O–H groups in total. The molecule has 1 aromatic carbocycles. The van der Waals surface area contributed by atoms with Gasteiger partial charge in [0.2, 0.25) is 5.88 Å². The Balaban J connectivity index is 2.65. The highest BCUT2D eigenvalue weighted by Crippen LogP contribution is 2.27. The van der Waals surface area contributed by atoms with E-state index in [4.69, 9.17) is 4.74 Å². The first-order valence-electron chi connectivity index (χ1n) is 7.99. The molecule has 0 atom stereocenters. The Labute approximate surface area is 145 Å². The summed E-state index contributed by atoms with van der Waals surface area (Å²) in [5.41, 5.74) is -0.258. The van der Waals surface area contributed by atoms with Crippen LogP contribution in [0.1, 0.15) is 53.9 Å². The second-order valence-corrected chi connectivity index (χ2v) is 5.87. The van der Waals surface area contributed by atoms with Crippen molar-refractivity contribution in [2.45, 2.75) is 33.7 Å². The molecule has 0 unspecified atom stereocenters. The zero-order chi connectivity index (χ0) is 18.7. The van der Waals surface area contributed by atoms with Gasteiger partial charge in [-0.25, -0.2) is 0 Å². The van der Waals surface area contributed by atoms with Crippen LogP contribution in [0.4, 0.5) is 0 Å². The summed E-state index contributed by atoms with van der Waals surface area (Å²) in [6, 6.07) is 7.94. The van der Waals surface area contributed by atoms with E-state index in [1.807, 2.05) is 13.0 Å². The lowest BCUT2D eigenvalue weighted by Gasteiger charge is -2.18. The van der Waals surface area contributed by atoms with E-state index in [-0.39, 0.29) is 16.7 Å². The minimum absolute atomic E-state index is 0.0333. The summed E-state index contributed by atoms with van der Waals surface area (Å²) in [6.45, 7) is 7.26. The van der Waals surface area contributed by atoms with Crippen molar-refractivity contribution in [3.05, 3.63) is 56.9 Å². The summed E-state index contributed by atoms with van der Waals surface area (Å²) >= 11 is 0. The summed E-state index contributed by atoms with van der Waals surface area (Å²) in [6.07, 6.45) is 0. The van der Waals surface area contributed by atoms with Crippen molar-refractivity contribution in [2.24, 2.45) is 0 Å². The van der Waals surface area contributed by atoms with Crippen LogP contribution in [-0.2, 0) is 0 Å². The zero-order valence-corrected chi connectivity index (χ0v) is 14.7. The molecule has 0 saturated carbocycles. The predicted octanol–water partition coefficient (Wildman–Crippen LogP) is 2.94. The molecule has 0 radical (unpaired) electrons. The summed E-state index contributed by atoms with van der Waals surface area (Å²) in [7, 11) is 0. The van der Waals surface area contributed by atoms with Gasteiger partial charge in [0, 0.05) is 11.6 Å². The van der Waals surface area contributed by atoms with Crippen molar-refractivity contribution >= 4 is 5.78 Å². The lowest BCUT2D eigenvalue weighted by atomic mass is 9.97. The highest BCUT2D eigenvalue weighted by molar-refractivity contribution is 6.11. The molecule has 25 heavy (non-hydrogen) atoms. The largest absolute Gasteiger partial charge is 0.494 e. The van der Waals surface area contributed by atoms with Crippen molar-refractivity contribution in [3.8, 4) is 17.7 Å². The third kappa shape index (κ3) is 3.26. The standard InChI is InChI=1S/C19H20N2O4/c1-5-25-14-8-6-13(7-9-14)17(22)16-12(4)15(10-20)18(23)21(11(2)3)19(16)24/h6-9,11,24H,5H2,1-4H3. The number of ketones is 1. The smallest absolute Gasteiger partial charge is 0.271 e. The lowest BCUT2D eigenvalue weighted by Crippen LogP contribution is -2.28. The number of nitrogens with zero attached hydrogens (tertiary/aromatic N) is 2. The van der Waals surface area contributed by atoms with E-state index in [0.29, 0.717) is 17.9 Å². The van der Waals surface area contributed by atoms with Gasteiger partial charge in [0.1, 0.15) is 17.4 Å². The van der Waals surface area contributed by atoms with E-state index in [1.54, 1.807) is 38.1 Å². The van der Waals surface area contributed by atoms with E-state index in [0.717, 1.165) is 4.57 Å². The Morgan fingerprint density at radius 3 is 2.40 bits per heavy atom. The third-order valence-electron chi connectivity index (χ3n) is 3.92. The number of rotatable bonds is 5. The van der Waals surface area contributed by atoms with E-state index in [2.05, 4.69) is 0 Å². The van der Waals surface area contributed by atoms with Crippen molar-refractivity contribution < 1.29 is 14.6 Å². The van der Waals surface area contributed by atoms with Gasteiger partial charge in [0.15, 0.2) is 5.78 Å². The summed E-state index contributed by atoms with van der Waals surface area (Å²) in [4.78, 5) is 25.2. The molecule has 6 heteroatoms. The van der Waals surface area contributed by atoms with Gasteiger partial charge in [0.05, 0.1) is 12.2 Å². The van der Waals surface area contributed by atoms with E-state index in [1.165, 1.54) is 6.92 Å². The maximum atomic E-state index is 12.9. The Morgan fingerprint density at radius 1 is 1.32 bits per heavy atom. The Hall–Kier alpha value is -3.07. The molecule has 0 spiro atoms. The predicted molar refractivity (Wildman–Crippen MR) is 93.2 cm³/mol. The van der Waals surface area contributed by atoms with Crippen molar-refractivity contribution in [2.75, 3.05) is 6.61 Å². The highest BCUT2D eigenvalue weighted by Gasteiger charge is 2.25. The fourth-order valence-corrected chi connectivity index (χ4v) is 2.69. The molecule has 6 nitrogen and oxygen atoms in total. The number of hydrogen-bond donors (Lipinski definition) is 1. The number of ether oxygens (including phenoxy) is 1. The second kappa shape index (κ2) is 7.22. The minimum Gasteiger partial charge on any atom is -0.494 e. The van der Waals surface area contributed by atoms with Gasteiger partial charge in [-0.05, 0) is 57.5 Å². The van der Waals surface area contributed by atoms with Gasteiger partial charge in [-0.15, -0.1) is 0 Å². The lowest BCUT2D eigenvalue weighted by molar-refractivity contribution is 0.103. The Kier molecular flexibility index (Phi) is 5.28. The topological polar surface area (TPSA) is 92.3 Å². The number of benzene rings is 1. The minimum atomic E-state index is -0.601. The number of pyridine rings is 1. The van der Waals surface area contributed by atoms with Crippen LogP contribution in [0.5, 0.6) is 11.6 Å². The van der Waals surface area contributed by atoms with Crippen molar-refractivity contribution in [1.82, 2.24) is 4.57 Å². The number of carbonyl (C=O) groups excluding carboxylic acids is 1. The summed E-state index contributed by atoms with van der Waals surface area (Å²) in [5, 5.41) is 19.8. The van der Waals surface area contributed by atoms with E-state index < -0.39 is 23.3 Å². The number of nitriles is 1. The summed E-state index contributed by atoms with van der Waals surface area (Å²) < 4.78 is 6.41. The molecule has 130 valence electrons. The van der Waals surface area contributed by atoms with Crippen molar-refractivity contribution in [1.29, 1.82) is 5.26 Å². The van der Waals surface area contributed by atoms with Gasteiger partial charge in [-0.1, -0.05) is 0 Å². The molecular weight excluding hydrogens is 320 g/mol. The molecule has 0 aliphatic rings. The van der Waals surface area contributed by atoms with Crippen LogP contribution in [-0.4, -0.2) is 22.1 Å². The number of hydrogen-bond acceptors (Lipinski definition) is 5. The molecule has 0 aliphatic heterocycles. The van der Waals surface area contributed by atoms with Gasteiger partial charge in [-0.2, -0.15) is 5.26 Å². The molecule has 0 bridgehead atoms. The van der Waals surface area contributed by atoms with E-state index >= 15 is 0 Å². The number of aromatic hydroxyl groups is 1. The maximum Gasteiger partial charge on any atom is 0.271 e. The monoisotopic (exact) mass is 340 g/mol. The Bertz CT molecular complexity index is 903. The average molecular weight is 340 g/mol. The van der Waals surface area contributed by atoms with Gasteiger partial charge in [0.25, 0.3) is 5.56 Å². The SMILES string of the molecule is CCOc1ccc(C(=O)c2c(C)c(C#N)c(=O)n(C(C)C)c2O)cc1. The Morgan fingerprint density at radius 2 is 1.92 bits per heavy atom. The van der Waals surface area contributed by atoms with Crippen LogP contribution in [0.3, 0.4) is 0 Å². The molecule has 0 amide bonds. The molecule has 0 aliphatic carbocycles. The molecule has 0 fully saturated rings. The molecule has 1 heterocycles. The summed E-state index contributed by atoms with van der Waals surface area (Å²) in [5.74, 6) is -0.246. The first-order valence-corrected chi connectivity index (χ1v) is 7.99. The first kappa shape index (κ1) is 18.3. The number of carbonyl (C=O) groups is 1. The quantitative estimate of drug-likeness (QED) is 0.845. The molecule has 2 aromatic rings. The van der Waals surface area contributed by atoms with Crippen LogP contribution < -0.4 is 10.3 Å². The first-order chi connectivity index (χ1) is 11.8. The van der Waals surface area contributed by atoms with Crippen molar-refractivity contribution in [3.63, 3.8) is 0 Å². The fourth-order valence-electron chi connectivity index (χ4n) is 2.69. The van der Waals surface area contributed by atoms with E-state index in [9.17, 15) is 20.0 Å². The van der Waals surface area contributed by atoms with Gasteiger partial charge in [-0.3, -0.25) is 14.2 Å². The molecule has 1 aromatic heterocycles. The van der Waals surface area contributed by atoms with Crippen LogP contribution in [0.2, 0.25) is 0 Å². The van der Waals surface area contributed by atoms with Gasteiger partial charge >= 0.3 is 0 Å². The maximum absolute atomic E-state index is 12.9. The van der Waals surface area contributed by atoms with Crippen LogP contribution in [0.15, 0.2) is 29.1 Å². The molecule has 0 saturated heterocycles. The van der Waals surface area contributed by atoms with Crippen LogP contribution in [0.25, 0.3) is 0 Å². The normalized spacial score (nSPS) is 10.6. The zero-order valence-electron chi connectivity index (χ0n) is 14.7. The fraction of sp³-hybridized carbons (Fsp3) is 0.316. The van der Waals surface area contributed by atoms with Gasteiger partial charge < -0.3 is 9.84 Å². The number of aromatic nitrogens is 1. The average Bonchev–Trinajstić information content (AvgIpc) is 2.55. The van der Waals surface area contributed by atoms with Crippen LogP contribution >= 0.6 is 0 Å². The molecule has 2 rings (SSSR count). The van der Waals surface area contributed by atoms with Crippen LogP contribution in [0, 0.1) is 18.3 Å².